The lowest BCUT2D eigenvalue weighted by Gasteiger charge is -2.14. The topological polar surface area (TPSA) is 153 Å². The third-order valence-corrected chi connectivity index (χ3v) is 7.03. The Balaban J connectivity index is 1.48. The highest BCUT2D eigenvalue weighted by Crippen LogP contribution is 2.33. The number of hydrogen-bond acceptors (Lipinski definition) is 7. The van der Waals surface area contributed by atoms with E-state index in [9.17, 15) is 18.0 Å². The van der Waals surface area contributed by atoms with Gasteiger partial charge in [-0.3, -0.25) is 9.59 Å². The molecule has 0 aromatic carbocycles. The van der Waals surface area contributed by atoms with E-state index in [0.717, 1.165) is 23.9 Å². The highest BCUT2D eigenvalue weighted by Gasteiger charge is 2.31. The number of aromatic amines is 1. The summed E-state index contributed by atoms with van der Waals surface area (Å²) < 4.78 is 26.3. The zero-order valence-corrected chi connectivity index (χ0v) is 17.2. The number of nitrogen functional groups attached to an aromatic ring is 1. The number of H-pyrrole nitrogens is 1. The Bertz CT molecular complexity index is 1290. The van der Waals surface area contributed by atoms with Gasteiger partial charge in [0.1, 0.15) is 12.2 Å². The predicted molar refractivity (Wildman–Crippen MR) is 110 cm³/mol. The van der Waals surface area contributed by atoms with Gasteiger partial charge in [0, 0.05) is 18.4 Å². The fourth-order valence-electron chi connectivity index (χ4n) is 3.26. The Morgan fingerprint density at radius 3 is 2.83 bits per heavy atom. The number of nitrogens with zero attached hydrogens (tertiary/aromatic N) is 3. The molecule has 1 aliphatic carbocycles. The van der Waals surface area contributed by atoms with Crippen molar-refractivity contribution in [2.24, 2.45) is 5.92 Å². The van der Waals surface area contributed by atoms with Crippen molar-refractivity contribution in [2.45, 2.75) is 37.8 Å². The Labute approximate surface area is 172 Å². The monoisotopic (exact) mass is 430 g/mol. The number of carbonyl (C=O) groups is 1. The molecule has 1 saturated carbocycles. The van der Waals surface area contributed by atoms with Crippen LogP contribution < -0.4 is 16.6 Å². The molecule has 1 fully saturated rings. The Morgan fingerprint density at radius 1 is 1.33 bits per heavy atom. The van der Waals surface area contributed by atoms with Gasteiger partial charge in [-0.1, -0.05) is 0 Å². The number of nitrogens with two attached hydrogens (primary N) is 1. The number of pyridine rings is 2. The van der Waals surface area contributed by atoms with Crippen LogP contribution in [0.4, 0.5) is 5.69 Å². The number of anilines is 1. The minimum Gasteiger partial charge on any atom is -0.393 e. The largest absolute Gasteiger partial charge is 0.393 e. The zero-order chi connectivity index (χ0) is 21.5. The lowest BCUT2D eigenvalue weighted by atomic mass is 10.2. The number of nitrogens with one attached hydrogen (secondary N) is 2. The average Bonchev–Trinajstić information content (AvgIpc) is 3.37. The number of rotatable bonds is 7. The van der Waals surface area contributed by atoms with Crippen LogP contribution >= 0.6 is 0 Å². The quantitative estimate of drug-likeness (QED) is 0.493. The SMILES string of the molecule is Cc1cc(S(=O)(=O)CC2CC2)c(N)c(=O)n1CC(=O)NCc1cnc2nc[nH]c2c1. The van der Waals surface area contributed by atoms with Crippen LogP contribution in [0.5, 0.6) is 0 Å². The van der Waals surface area contributed by atoms with Crippen LogP contribution in [0.2, 0.25) is 0 Å². The number of aromatic nitrogens is 4. The Hall–Kier alpha value is -3.21. The van der Waals surface area contributed by atoms with Crippen molar-refractivity contribution in [3.05, 3.63) is 46.3 Å². The summed E-state index contributed by atoms with van der Waals surface area (Å²) in [6, 6.07) is 3.20. The molecule has 1 aliphatic rings. The Kier molecular flexibility index (Phi) is 5.06. The lowest BCUT2D eigenvalue weighted by Crippen LogP contribution is -2.35. The van der Waals surface area contributed by atoms with E-state index in [2.05, 4.69) is 20.3 Å². The van der Waals surface area contributed by atoms with E-state index >= 15 is 0 Å². The van der Waals surface area contributed by atoms with Crippen LogP contribution in [0.3, 0.4) is 0 Å². The van der Waals surface area contributed by atoms with Crippen LogP contribution in [-0.2, 0) is 27.7 Å². The van der Waals surface area contributed by atoms with Crippen LogP contribution in [-0.4, -0.2) is 39.6 Å². The highest BCUT2D eigenvalue weighted by molar-refractivity contribution is 7.91. The molecule has 10 nitrogen and oxygen atoms in total. The molecule has 30 heavy (non-hydrogen) atoms. The number of fused-ring (bicyclic) bond motifs is 1. The van der Waals surface area contributed by atoms with Gasteiger partial charge in [0.05, 0.1) is 22.5 Å². The number of amides is 1. The minimum absolute atomic E-state index is 0.00467. The molecule has 0 spiro atoms. The van der Waals surface area contributed by atoms with Crippen molar-refractivity contribution >= 4 is 32.6 Å². The first-order chi connectivity index (χ1) is 14.2. The first-order valence-corrected chi connectivity index (χ1v) is 11.2. The molecule has 1 amide bonds. The van der Waals surface area contributed by atoms with E-state index in [-0.39, 0.29) is 35.3 Å². The molecule has 3 aromatic rings. The molecule has 4 rings (SSSR count). The van der Waals surface area contributed by atoms with Crippen molar-refractivity contribution < 1.29 is 13.2 Å². The summed E-state index contributed by atoms with van der Waals surface area (Å²) in [5, 5.41) is 2.73. The molecule has 0 atom stereocenters. The number of hydrogen-bond donors (Lipinski definition) is 3. The maximum absolute atomic E-state index is 12.7. The number of aryl methyl sites for hydroxylation is 1. The summed E-state index contributed by atoms with van der Waals surface area (Å²) >= 11 is 0. The van der Waals surface area contributed by atoms with Gasteiger partial charge in [-0.15, -0.1) is 0 Å². The first-order valence-electron chi connectivity index (χ1n) is 9.52. The van der Waals surface area contributed by atoms with Gasteiger partial charge in [0.25, 0.3) is 5.56 Å². The van der Waals surface area contributed by atoms with E-state index < -0.39 is 21.3 Å². The lowest BCUT2D eigenvalue weighted by molar-refractivity contribution is -0.121. The van der Waals surface area contributed by atoms with Gasteiger partial charge in [-0.05, 0) is 43.4 Å². The van der Waals surface area contributed by atoms with Crippen LogP contribution in [0.1, 0.15) is 24.1 Å². The summed E-state index contributed by atoms with van der Waals surface area (Å²) in [7, 11) is -3.63. The van der Waals surface area contributed by atoms with E-state index in [1.807, 2.05) is 6.07 Å². The van der Waals surface area contributed by atoms with Gasteiger partial charge in [0.2, 0.25) is 5.91 Å². The molecule has 3 heterocycles. The molecule has 0 saturated heterocycles. The van der Waals surface area contributed by atoms with Crippen LogP contribution in [0.15, 0.2) is 34.3 Å². The molecular formula is C19H22N6O4S. The fraction of sp³-hybridized carbons (Fsp3) is 0.368. The van der Waals surface area contributed by atoms with Crippen LogP contribution in [0, 0.1) is 12.8 Å². The second-order valence-corrected chi connectivity index (χ2v) is 9.58. The normalized spacial score (nSPS) is 14.2. The Morgan fingerprint density at radius 2 is 2.10 bits per heavy atom. The van der Waals surface area contributed by atoms with E-state index in [0.29, 0.717) is 11.3 Å². The summed E-state index contributed by atoms with van der Waals surface area (Å²) in [5.41, 5.74) is 7.30. The van der Waals surface area contributed by atoms with Gasteiger partial charge in [-0.2, -0.15) is 0 Å². The molecule has 0 unspecified atom stereocenters. The van der Waals surface area contributed by atoms with Crippen molar-refractivity contribution in [2.75, 3.05) is 11.5 Å². The van der Waals surface area contributed by atoms with Gasteiger partial charge >= 0.3 is 0 Å². The molecule has 0 aliphatic heterocycles. The van der Waals surface area contributed by atoms with Gasteiger partial charge < -0.3 is 20.6 Å². The second-order valence-electron chi connectivity index (χ2n) is 7.57. The number of sulfone groups is 1. The second kappa shape index (κ2) is 7.56. The fourth-order valence-corrected chi connectivity index (χ4v) is 5.17. The van der Waals surface area contributed by atoms with Gasteiger partial charge in [-0.25, -0.2) is 18.4 Å². The van der Waals surface area contributed by atoms with Crippen molar-refractivity contribution in [3.8, 4) is 0 Å². The van der Waals surface area contributed by atoms with Crippen molar-refractivity contribution in [1.29, 1.82) is 0 Å². The van der Waals surface area contributed by atoms with Gasteiger partial charge in [0.15, 0.2) is 15.5 Å². The average molecular weight is 430 g/mol. The highest BCUT2D eigenvalue weighted by atomic mass is 32.2. The third-order valence-electron chi connectivity index (χ3n) is 5.12. The smallest absolute Gasteiger partial charge is 0.275 e. The third kappa shape index (κ3) is 4.06. The number of imidazole rings is 1. The van der Waals surface area contributed by atoms with E-state index in [4.69, 9.17) is 5.73 Å². The van der Waals surface area contributed by atoms with Crippen molar-refractivity contribution in [3.63, 3.8) is 0 Å². The molecule has 158 valence electrons. The molecular weight excluding hydrogens is 408 g/mol. The summed E-state index contributed by atoms with van der Waals surface area (Å²) in [6.07, 6.45) is 4.89. The van der Waals surface area contributed by atoms with E-state index in [1.54, 1.807) is 13.1 Å². The summed E-state index contributed by atoms with van der Waals surface area (Å²) in [6.45, 7) is 1.54. The summed E-state index contributed by atoms with van der Waals surface area (Å²) in [5.74, 6) is -0.272. The molecule has 0 bridgehead atoms. The summed E-state index contributed by atoms with van der Waals surface area (Å²) in [4.78, 5) is 36.1. The first kappa shape index (κ1) is 20.1. The molecule has 0 radical (unpaired) electrons. The van der Waals surface area contributed by atoms with Crippen LogP contribution in [0.25, 0.3) is 11.2 Å². The molecule has 3 aromatic heterocycles. The minimum atomic E-state index is -3.63. The predicted octanol–water partition coefficient (Wildman–Crippen LogP) is 0.510. The maximum atomic E-state index is 12.7. The standard InChI is InChI=1S/C19H22N6O4S/c1-11-4-15(30(28,29)9-12-2-3-12)17(20)19(27)25(11)8-16(26)21-6-13-5-14-18(22-7-13)24-10-23-14/h4-5,7,10,12H,2-3,6,8-9,20H2,1H3,(H,21,26)(H,22,23,24). The molecule has 11 heteroatoms. The maximum Gasteiger partial charge on any atom is 0.275 e. The zero-order valence-electron chi connectivity index (χ0n) is 16.4. The molecule has 4 N–H and O–H groups in total. The number of carbonyl (C=O) groups excluding carboxylic acids is 1. The van der Waals surface area contributed by atoms with E-state index in [1.165, 1.54) is 17.0 Å². The van der Waals surface area contributed by atoms with Crippen molar-refractivity contribution in [1.82, 2.24) is 24.8 Å².